The number of fused-ring (bicyclic) bond motifs is 2. The Morgan fingerprint density at radius 2 is 1.53 bits per heavy atom. The summed E-state index contributed by atoms with van der Waals surface area (Å²) in [4.78, 5) is 16.0. The maximum atomic E-state index is 13.8. The molecule has 170 valence electrons. The Kier molecular flexibility index (Phi) is 6.06. The molecule has 3 saturated carbocycles. The van der Waals surface area contributed by atoms with Crippen molar-refractivity contribution in [3.63, 3.8) is 0 Å². The van der Waals surface area contributed by atoms with Crippen LogP contribution in [-0.2, 0) is 14.6 Å². The normalized spacial score (nSPS) is 26.0. The number of rotatable bonds is 7. The van der Waals surface area contributed by atoms with E-state index in [1.807, 2.05) is 29.2 Å². The Morgan fingerprint density at radius 1 is 0.906 bits per heavy atom. The van der Waals surface area contributed by atoms with Gasteiger partial charge in [-0.3, -0.25) is 4.79 Å². The molecule has 3 unspecified atom stereocenters. The monoisotopic (exact) mass is 471 g/mol. The average molecular weight is 472 g/mol. The van der Waals surface area contributed by atoms with Crippen LogP contribution in [-0.4, -0.2) is 31.0 Å². The Labute approximate surface area is 195 Å². The minimum Gasteiger partial charge on any atom is -0.331 e. The smallest absolute Gasteiger partial charge is 0.238 e. The van der Waals surface area contributed by atoms with Crippen molar-refractivity contribution in [1.82, 2.24) is 4.90 Å². The van der Waals surface area contributed by atoms with E-state index < -0.39 is 15.6 Å². The van der Waals surface area contributed by atoms with Crippen molar-refractivity contribution in [3.05, 3.63) is 65.2 Å². The Morgan fingerprint density at radius 3 is 2.12 bits per heavy atom. The highest BCUT2D eigenvalue weighted by Gasteiger charge is 2.45. The van der Waals surface area contributed by atoms with Crippen molar-refractivity contribution in [2.75, 3.05) is 5.75 Å². The lowest BCUT2D eigenvalue weighted by Gasteiger charge is -2.42. The molecule has 3 fully saturated rings. The molecule has 5 rings (SSSR count). The zero-order valence-corrected chi connectivity index (χ0v) is 19.8. The minimum atomic E-state index is -3.69. The van der Waals surface area contributed by atoms with Crippen molar-refractivity contribution < 1.29 is 13.2 Å². The molecule has 32 heavy (non-hydrogen) atoms. The summed E-state index contributed by atoms with van der Waals surface area (Å²) in [5, 5.41) is 0.670. The van der Waals surface area contributed by atoms with E-state index in [0.29, 0.717) is 22.8 Å². The molecule has 0 saturated heterocycles. The van der Waals surface area contributed by atoms with Crippen molar-refractivity contribution in [2.24, 2.45) is 17.8 Å². The highest BCUT2D eigenvalue weighted by molar-refractivity contribution is 7.92. The number of halogens is 1. The Hall–Kier alpha value is -1.85. The Balaban J connectivity index is 1.49. The fourth-order valence-electron chi connectivity index (χ4n) is 5.97. The predicted molar refractivity (Wildman–Crippen MR) is 126 cm³/mol. The molecule has 0 radical (unpaired) electrons. The standard InChI is InChI=1S/C26H30ClNO3S/c27-22-12-10-21(11-13-22)26(20-8-9-20)28(23-15-18-6-7-19(14-18)16-23)25(29)17-32(30,31)24-4-2-1-3-5-24/h1-5,10-13,18-20,23,26H,6-9,14-17H2. The van der Waals surface area contributed by atoms with E-state index in [2.05, 4.69) is 0 Å². The van der Waals surface area contributed by atoms with Crippen molar-refractivity contribution in [1.29, 1.82) is 0 Å². The van der Waals surface area contributed by atoms with Gasteiger partial charge in [0.1, 0.15) is 5.75 Å². The largest absolute Gasteiger partial charge is 0.331 e. The number of carbonyl (C=O) groups is 1. The van der Waals surface area contributed by atoms with Crippen LogP contribution < -0.4 is 0 Å². The number of carbonyl (C=O) groups excluding carboxylic acids is 1. The van der Waals surface area contributed by atoms with Gasteiger partial charge < -0.3 is 4.90 Å². The molecule has 0 heterocycles. The fourth-order valence-corrected chi connectivity index (χ4v) is 7.30. The quantitative estimate of drug-likeness (QED) is 0.522. The van der Waals surface area contributed by atoms with Crippen LogP contribution in [0.4, 0.5) is 0 Å². The second-order valence-electron chi connectivity index (χ2n) is 9.88. The van der Waals surface area contributed by atoms with Crippen LogP contribution in [0.5, 0.6) is 0 Å². The van der Waals surface area contributed by atoms with Gasteiger partial charge in [0, 0.05) is 11.1 Å². The van der Waals surface area contributed by atoms with Gasteiger partial charge in [0.05, 0.1) is 10.9 Å². The third-order valence-electron chi connectivity index (χ3n) is 7.54. The molecule has 6 heteroatoms. The lowest BCUT2D eigenvalue weighted by molar-refractivity contribution is -0.135. The molecule has 0 N–H and O–H groups in total. The molecule has 2 aromatic rings. The number of hydrogen-bond acceptors (Lipinski definition) is 3. The summed E-state index contributed by atoms with van der Waals surface area (Å²) in [5.74, 6) is 0.973. The summed E-state index contributed by atoms with van der Waals surface area (Å²) in [7, 11) is -3.69. The molecule has 1 amide bonds. The molecule has 4 nitrogen and oxygen atoms in total. The zero-order chi connectivity index (χ0) is 22.3. The lowest BCUT2D eigenvalue weighted by atomic mass is 9.83. The van der Waals surface area contributed by atoms with Crippen molar-refractivity contribution >= 4 is 27.3 Å². The van der Waals surface area contributed by atoms with Crippen LogP contribution in [0.3, 0.4) is 0 Å². The first-order valence-corrected chi connectivity index (χ1v) is 13.8. The van der Waals surface area contributed by atoms with E-state index >= 15 is 0 Å². The van der Waals surface area contributed by atoms with E-state index in [9.17, 15) is 13.2 Å². The first-order valence-electron chi connectivity index (χ1n) is 11.7. The predicted octanol–water partition coefficient (Wildman–Crippen LogP) is 5.67. The average Bonchev–Trinajstić information content (AvgIpc) is 3.56. The SMILES string of the molecule is O=C(CS(=O)(=O)c1ccccc1)N(C1CC2CCC(C2)C1)C(c1ccc(Cl)cc1)C1CC1. The van der Waals surface area contributed by atoms with Gasteiger partial charge in [-0.25, -0.2) is 8.42 Å². The van der Waals surface area contributed by atoms with Crippen LogP contribution in [0.15, 0.2) is 59.5 Å². The van der Waals surface area contributed by atoms with Crippen molar-refractivity contribution in [3.8, 4) is 0 Å². The van der Waals surface area contributed by atoms with Crippen LogP contribution in [0, 0.1) is 17.8 Å². The lowest BCUT2D eigenvalue weighted by Crippen LogP contribution is -2.48. The molecule has 3 aliphatic rings. The Bertz CT molecular complexity index is 1050. The number of benzene rings is 2. The van der Waals surface area contributed by atoms with E-state index in [1.54, 1.807) is 30.3 Å². The van der Waals surface area contributed by atoms with Gasteiger partial charge in [0.25, 0.3) is 0 Å². The van der Waals surface area contributed by atoms with Gasteiger partial charge in [-0.05, 0) is 79.7 Å². The molecule has 2 bridgehead atoms. The number of amides is 1. The third kappa shape index (κ3) is 4.60. The number of sulfone groups is 1. The number of hydrogen-bond donors (Lipinski definition) is 0. The summed E-state index contributed by atoms with van der Waals surface area (Å²) < 4.78 is 26.2. The van der Waals surface area contributed by atoms with Gasteiger partial charge in [0.2, 0.25) is 5.91 Å². The number of nitrogens with zero attached hydrogens (tertiary/aromatic N) is 1. The van der Waals surface area contributed by atoms with Crippen LogP contribution in [0.25, 0.3) is 0 Å². The first kappa shape index (κ1) is 22.0. The highest BCUT2D eigenvalue weighted by atomic mass is 35.5. The van der Waals surface area contributed by atoms with Gasteiger partial charge in [-0.15, -0.1) is 0 Å². The van der Waals surface area contributed by atoms with Crippen LogP contribution >= 0.6 is 11.6 Å². The molecule has 0 aliphatic heterocycles. The van der Waals surface area contributed by atoms with Crippen LogP contribution in [0.2, 0.25) is 5.02 Å². The van der Waals surface area contributed by atoms with Gasteiger partial charge in [-0.2, -0.15) is 0 Å². The summed E-state index contributed by atoms with van der Waals surface area (Å²) in [6, 6.07) is 16.1. The van der Waals surface area contributed by atoms with Gasteiger partial charge >= 0.3 is 0 Å². The summed E-state index contributed by atoms with van der Waals surface area (Å²) >= 11 is 6.14. The second-order valence-corrected chi connectivity index (χ2v) is 12.3. The van der Waals surface area contributed by atoms with Crippen molar-refractivity contribution in [2.45, 2.75) is 61.9 Å². The molecule has 2 aromatic carbocycles. The summed E-state index contributed by atoms with van der Waals surface area (Å²) in [6.45, 7) is 0. The molecule has 3 aliphatic carbocycles. The first-order chi connectivity index (χ1) is 15.4. The molecule has 0 aromatic heterocycles. The molecule has 0 spiro atoms. The second kappa shape index (κ2) is 8.83. The van der Waals surface area contributed by atoms with E-state index in [1.165, 1.54) is 19.3 Å². The van der Waals surface area contributed by atoms with E-state index in [4.69, 9.17) is 11.6 Å². The zero-order valence-electron chi connectivity index (χ0n) is 18.2. The molecular weight excluding hydrogens is 442 g/mol. The molecular formula is C26H30ClNO3S. The highest BCUT2D eigenvalue weighted by Crippen LogP contribution is 2.50. The summed E-state index contributed by atoms with van der Waals surface area (Å²) in [5.41, 5.74) is 1.07. The van der Waals surface area contributed by atoms with E-state index in [0.717, 1.165) is 31.2 Å². The van der Waals surface area contributed by atoms with Gasteiger partial charge in [0.15, 0.2) is 9.84 Å². The maximum absolute atomic E-state index is 13.8. The molecule has 3 atom stereocenters. The summed E-state index contributed by atoms with van der Waals surface area (Å²) in [6.07, 6.45) is 7.86. The fraction of sp³-hybridized carbons (Fsp3) is 0.500. The minimum absolute atomic E-state index is 0.0757. The van der Waals surface area contributed by atoms with Gasteiger partial charge in [-0.1, -0.05) is 54.8 Å². The van der Waals surface area contributed by atoms with E-state index in [-0.39, 0.29) is 22.9 Å². The topological polar surface area (TPSA) is 54.5 Å². The van der Waals surface area contributed by atoms with Crippen LogP contribution in [0.1, 0.15) is 56.6 Å². The third-order valence-corrected chi connectivity index (χ3v) is 9.41. The maximum Gasteiger partial charge on any atom is 0.238 e.